The van der Waals surface area contributed by atoms with E-state index in [2.05, 4.69) is 96.1 Å². The van der Waals surface area contributed by atoms with E-state index in [1.54, 1.807) is 0 Å². The fourth-order valence-corrected chi connectivity index (χ4v) is 4.27. The number of aryl methyl sites for hydroxylation is 2. The standard InChI is InChI=1S/C30H26N2/c1-3-12-24(13-4-1)29-20-19-23(21-31-29)11-7-8-16-26-22-32-30(25-14-5-2-6-15-25)28-18-10-9-17-27(26)28/h1-6,9-10,12-15,17-22H,7-8,11,16H2. The average Bonchev–Trinajstić information content (AvgIpc) is 2.88. The molecule has 0 saturated carbocycles. The number of benzene rings is 3. The minimum absolute atomic E-state index is 1.03. The largest absolute Gasteiger partial charge is 0.256 e. The van der Waals surface area contributed by atoms with Gasteiger partial charge >= 0.3 is 0 Å². The van der Waals surface area contributed by atoms with Crippen LogP contribution >= 0.6 is 0 Å². The second-order valence-corrected chi connectivity index (χ2v) is 8.17. The van der Waals surface area contributed by atoms with Gasteiger partial charge in [0, 0.05) is 28.9 Å². The van der Waals surface area contributed by atoms with Crippen molar-refractivity contribution in [3.8, 4) is 22.5 Å². The molecule has 3 aromatic carbocycles. The van der Waals surface area contributed by atoms with Crippen LogP contribution in [0.5, 0.6) is 0 Å². The van der Waals surface area contributed by atoms with Crippen LogP contribution < -0.4 is 0 Å². The molecule has 0 aliphatic rings. The van der Waals surface area contributed by atoms with Crippen LogP contribution in [-0.2, 0) is 12.8 Å². The first-order chi connectivity index (χ1) is 15.9. The Morgan fingerprint density at radius 3 is 1.88 bits per heavy atom. The van der Waals surface area contributed by atoms with Gasteiger partial charge in [-0.1, -0.05) is 91.0 Å². The second kappa shape index (κ2) is 9.57. The van der Waals surface area contributed by atoms with E-state index >= 15 is 0 Å². The van der Waals surface area contributed by atoms with Gasteiger partial charge in [-0.3, -0.25) is 9.97 Å². The predicted octanol–water partition coefficient (Wildman–Crippen LogP) is 7.53. The minimum Gasteiger partial charge on any atom is -0.256 e. The molecule has 0 aliphatic carbocycles. The molecule has 32 heavy (non-hydrogen) atoms. The van der Waals surface area contributed by atoms with Gasteiger partial charge in [0.2, 0.25) is 0 Å². The van der Waals surface area contributed by atoms with E-state index in [0.717, 1.165) is 42.6 Å². The van der Waals surface area contributed by atoms with Crippen molar-refractivity contribution >= 4 is 10.8 Å². The maximum atomic E-state index is 4.84. The quantitative estimate of drug-likeness (QED) is 0.257. The van der Waals surface area contributed by atoms with E-state index in [4.69, 9.17) is 4.98 Å². The Hall–Kier alpha value is -3.78. The van der Waals surface area contributed by atoms with E-state index in [1.807, 2.05) is 18.3 Å². The van der Waals surface area contributed by atoms with Crippen LogP contribution in [0.2, 0.25) is 0 Å². The number of rotatable bonds is 7. The van der Waals surface area contributed by atoms with Crippen LogP contribution in [0.25, 0.3) is 33.3 Å². The molecule has 0 atom stereocenters. The lowest BCUT2D eigenvalue weighted by Crippen LogP contribution is -1.95. The zero-order valence-corrected chi connectivity index (χ0v) is 18.1. The van der Waals surface area contributed by atoms with E-state index < -0.39 is 0 Å². The molecule has 2 heteroatoms. The molecule has 5 rings (SSSR count). The normalized spacial score (nSPS) is 11.0. The van der Waals surface area contributed by atoms with Crippen LogP contribution in [0.3, 0.4) is 0 Å². The van der Waals surface area contributed by atoms with Gasteiger partial charge in [0.25, 0.3) is 0 Å². The van der Waals surface area contributed by atoms with Crippen LogP contribution in [0, 0.1) is 0 Å². The molecule has 0 radical (unpaired) electrons. The summed E-state index contributed by atoms with van der Waals surface area (Å²) in [6, 6.07) is 33.8. The third-order valence-corrected chi connectivity index (χ3v) is 5.98. The van der Waals surface area contributed by atoms with E-state index in [-0.39, 0.29) is 0 Å². The minimum atomic E-state index is 1.03. The van der Waals surface area contributed by atoms with Gasteiger partial charge < -0.3 is 0 Å². The molecule has 0 bridgehead atoms. The highest BCUT2D eigenvalue weighted by Gasteiger charge is 2.09. The highest BCUT2D eigenvalue weighted by Crippen LogP contribution is 2.29. The molecule has 2 aromatic heterocycles. The molecule has 0 amide bonds. The Morgan fingerprint density at radius 2 is 1.16 bits per heavy atom. The van der Waals surface area contributed by atoms with E-state index in [9.17, 15) is 0 Å². The van der Waals surface area contributed by atoms with E-state index in [0.29, 0.717) is 0 Å². The number of aromatic nitrogens is 2. The summed E-state index contributed by atoms with van der Waals surface area (Å²) in [5, 5.41) is 2.55. The molecule has 0 fully saturated rings. The fourth-order valence-electron chi connectivity index (χ4n) is 4.27. The van der Waals surface area contributed by atoms with Gasteiger partial charge in [-0.2, -0.15) is 0 Å². The van der Waals surface area contributed by atoms with Crippen molar-refractivity contribution < 1.29 is 0 Å². The van der Waals surface area contributed by atoms with Crippen molar-refractivity contribution in [2.45, 2.75) is 25.7 Å². The van der Waals surface area contributed by atoms with Gasteiger partial charge in [-0.05, 0) is 48.3 Å². The lowest BCUT2D eigenvalue weighted by molar-refractivity contribution is 0.734. The zero-order chi connectivity index (χ0) is 21.6. The van der Waals surface area contributed by atoms with Gasteiger partial charge in [-0.25, -0.2) is 0 Å². The zero-order valence-electron chi connectivity index (χ0n) is 18.1. The third kappa shape index (κ3) is 4.45. The number of hydrogen-bond acceptors (Lipinski definition) is 2. The molecule has 5 aromatic rings. The Labute approximate surface area is 189 Å². The van der Waals surface area contributed by atoms with Gasteiger partial charge in [0.15, 0.2) is 0 Å². The molecule has 156 valence electrons. The van der Waals surface area contributed by atoms with Gasteiger partial charge in [-0.15, -0.1) is 0 Å². The first-order valence-electron chi connectivity index (χ1n) is 11.3. The molecular formula is C30H26N2. The maximum Gasteiger partial charge on any atom is 0.0780 e. The number of nitrogens with zero attached hydrogens (tertiary/aromatic N) is 2. The second-order valence-electron chi connectivity index (χ2n) is 8.17. The maximum absolute atomic E-state index is 4.84. The molecule has 0 aliphatic heterocycles. The predicted molar refractivity (Wildman–Crippen MR) is 133 cm³/mol. The monoisotopic (exact) mass is 414 g/mol. The molecular weight excluding hydrogens is 388 g/mol. The average molecular weight is 415 g/mol. The van der Waals surface area contributed by atoms with Crippen LogP contribution in [0.4, 0.5) is 0 Å². The smallest absolute Gasteiger partial charge is 0.0780 e. The summed E-state index contributed by atoms with van der Waals surface area (Å²) in [5.74, 6) is 0. The van der Waals surface area contributed by atoms with Crippen LogP contribution in [-0.4, -0.2) is 9.97 Å². The molecule has 0 N–H and O–H groups in total. The topological polar surface area (TPSA) is 25.8 Å². The lowest BCUT2D eigenvalue weighted by Gasteiger charge is -2.11. The summed E-state index contributed by atoms with van der Waals surface area (Å²) in [5.41, 5.74) is 7.06. The Balaban J connectivity index is 1.24. The van der Waals surface area contributed by atoms with Crippen LogP contribution in [0.15, 0.2) is 109 Å². The number of hydrogen-bond donors (Lipinski definition) is 0. The molecule has 0 saturated heterocycles. The Bertz CT molecular complexity index is 1290. The van der Waals surface area contributed by atoms with Crippen molar-refractivity contribution in [2.75, 3.05) is 0 Å². The summed E-state index contributed by atoms with van der Waals surface area (Å²) in [6.07, 6.45) is 8.46. The lowest BCUT2D eigenvalue weighted by atomic mass is 9.97. The summed E-state index contributed by atoms with van der Waals surface area (Å²) >= 11 is 0. The molecule has 2 heterocycles. The number of pyridine rings is 2. The highest BCUT2D eigenvalue weighted by atomic mass is 14.7. The van der Waals surface area contributed by atoms with Crippen molar-refractivity contribution in [2.24, 2.45) is 0 Å². The molecule has 0 spiro atoms. The fraction of sp³-hybridized carbons (Fsp3) is 0.133. The Kier molecular flexibility index (Phi) is 6.02. The van der Waals surface area contributed by atoms with Gasteiger partial charge in [0.05, 0.1) is 11.4 Å². The Morgan fingerprint density at radius 1 is 0.500 bits per heavy atom. The van der Waals surface area contributed by atoms with Crippen molar-refractivity contribution in [1.29, 1.82) is 0 Å². The summed E-state index contributed by atoms with van der Waals surface area (Å²) < 4.78 is 0. The first kappa shape index (κ1) is 20.1. The molecule has 2 nitrogen and oxygen atoms in total. The van der Waals surface area contributed by atoms with Gasteiger partial charge in [0.1, 0.15) is 0 Å². The molecule has 0 unspecified atom stereocenters. The van der Waals surface area contributed by atoms with E-state index in [1.165, 1.54) is 27.5 Å². The van der Waals surface area contributed by atoms with Crippen molar-refractivity contribution in [3.63, 3.8) is 0 Å². The number of unbranched alkanes of at least 4 members (excludes halogenated alkanes) is 1. The summed E-state index contributed by atoms with van der Waals surface area (Å²) in [4.78, 5) is 9.50. The summed E-state index contributed by atoms with van der Waals surface area (Å²) in [7, 11) is 0. The summed E-state index contributed by atoms with van der Waals surface area (Å²) in [6.45, 7) is 0. The van der Waals surface area contributed by atoms with Crippen molar-refractivity contribution in [1.82, 2.24) is 9.97 Å². The number of fused-ring (bicyclic) bond motifs is 1. The first-order valence-corrected chi connectivity index (χ1v) is 11.3. The highest BCUT2D eigenvalue weighted by molar-refractivity contribution is 5.96. The van der Waals surface area contributed by atoms with Crippen molar-refractivity contribution in [3.05, 3.63) is 121 Å². The van der Waals surface area contributed by atoms with Crippen LogP contribution in [0.1, 0.15) is 24.0 Å². The SMILES string of the molecule is c1ccc(-c2ccc(CCCCc3cnc(-c4ccccc4)c4ccccc34)cn2)cc1. The third-order valence-electron chi connectivity index (χ3n) is 5.98.